The van der Waals surface area contributed by atoms with E-state index in [0.29, 0.717) is 6.04 Å². The zero-order valence-electron chi connectivity index (χ0n) is 13.6. The SMILES string of the molecule is CCNC(C)c1ccc2c(c1)CCCN2CCC(C)C. The Morgan fingerprint density at radius 2 is 2.05 bits per heavy atom. The predicted molar refractivity (Wildman–Crippen MR) is 88.5 cm³/mol. The molecule has 0 bridgehead atoms. The maximum Gasteiger partial charge on any atom is 0.0398 e. The molecule has 0 fully saturated rings. The van der Waals surface area contributed by atoms with E-state index in [1.54, 1.807) is 5.56 Å². The Morgan fingerprint density at radius 1 is 1.25 bits per heavy atom. The number of aryl methyl sites for hydroxylation is 1. The largest absolute Gasteiger partial charge is 0.371 e. The van der Waals surface area contributed by atoms with Crippen molar-refractivity contribution in [1.82, 2.24) is 5.32 Å². The van der Waals surface area contributed by atoms with E-state index in [1.165, 1.54) is 43.6 Å². The van der Waals surface area contributed by atoms with Crippen LogP contribution in [0, 0.1) is 5.92 Å². The minimum absolute atomic E-state index is 0.455. The molecule has 0 spiro atoms. The Bertz CT molecular complexity index is 425. The molecule has 1 atom stereocenters. The third kappa shape index (κ3) is 3.76. The summed E-state index contributed by atoms with van der Waals surface area (Å²) in [4.78, 5) is 2.58. The summed E-state index contributed by atoms with van der Waals surface area (Å²) in [6.07, 6.45) is 3.82. The molecule has 1 N–H and O–H groups in total. The third-order valence-electron chi connectivity index (χ3n) is 4.31. The molecule has 1 heterocycles. The topological polar surface area (TPSA) is 15.3 Å². The quantitative estimate of drug-likeness (QED) is 0.838. The number of nitrogens with one attached hydrogen (secondary N) is 1. The van der Waals surface area contributed by atoms with E-state index in [-0.39, 0.29) is 0 Å². The number of benzene rings is 1. The lowest BCUT2D eigenvalue weighted by Crippen LogP contribution is -2.31. The number of hydrogen-bond donors (Lipinski definition) is 1. The first-order valence-electron chi connectivity index (χ1n) is 8.23. The molecule has 0 aliphatic carbocycles. The summed E-state index contributed by atoms with van der Waals surface area (Å²) in [5.74, 6) is 0.786. The Labute approximate surface area is 124 Å². The molecule has 0 amide bonds. The highest BCUT2D eigenvalue weighted by Gasteiger charge is 2.18. The average molecular weight is 274 g/mol. The molecule has 2 heteroatoms. The van der Waals surface area contributed by atoms with E-state index >= 15 is 0 Å². The molecule has 2 rings (SSSR count). The van der Waals surface area contributed by atoms with Crippen LogP contribution in [0.15, 0.2) is 18.2 Å². The maximum atomic E-state index is 3.51. The lowest BCUT2D eigenvalue weighted by molar-refractivity contribution is 0.559. The van der Waals surface area contributed by atoms with E-state index in [9.17, 15) is 0 Å². The van der Waals surface area contributed by atoms with Gasteiger partial charge >= 0.3 is 0 Å². The Hall–Kier alpha value is -1.02. The molecule has 0 radical (unpaired) electrons. The molecular formula is C18H30N2. The smallest absolute Gasteiger partial charge is 0.0398 e. The molecule has 0 saturated carbocycles. The van der Waals surface area contributed by atoms with Crippen LogP contribution in [0.25, 0.3) is 0 Å². The Balaban J connectivity index is 2.13. The van der Waals surface area contributed by atoms with Crippen LogP contribution in [0.4, 0.5) is 5.69 Å². The molecule has 1 aromatic rings. The summed E-state index contributed by atoms with van der Waals surface area (Å²) in [6, 6.07) is 7.53. The monoisotopic (exact) mass is 274 g/mol. The van der Waals surface area contributed by atoms with Gasteiger partial charge in [-0.3, -0.25) is 0 Å². The first-order valence-corrected chi connectivity index (χ1v) is 8.23. The minimum atomic E-state index is 0.455. The molecule has 1 aliphatic rings. The summed E-state index contributed by atoms with van der Waals surface area (Å²) in [5, 5.41) is 3.51. The minimum Gasteiger partial charge on any atom is -0.371 e. The van der Waals surface area contributed by atoms with Crippen molar-refractivity contribution in [2.24, 2.45) is 5.92 Å². The fourth-order valence-corrected chi connectivity index (χ4v) is 3.03. The van der Waals surface area contributed by atoms with E-state index < -0.39 is 0 Å². The van der Waals surface area contributed by atoms with Crippen molar-refractivity contribution in [2.75, 3.05) is 24.5 Å². The number of fused-ring (bicyclic) bond motifs is 1. The highest BCUT2D eigenvalue weighted by molar-refractivity contribution is 5.57. The van der Waals surface area contributed by atoms with Gasteiger partial charge in [0.05, 0.1) is 0 Å². The molecule has 20 heavy (non-hydrogen) atoms. The normalized spacial score (nSPS) is 16.4. The second-order valence-corrected chi connectivity index (χ2v) is 6.44. The van der Waals surface area contributed by atoms with Crippen molar-refractivity contribution in [3.63, 3.8) is 0 Å². The molecular weight excluding hydrogens is 244 g/mol. The summed E-state index contributed by atoms with van der Waals surface area (Å²) in [7, 11) is 0. The number of anilines is 1. The van der Waals surface area contributed by atoms with Crippen molar-refractivity contribution in [1.29, 1.82) is 0 Å². The standard InChI is InChI=1S/C18H30N2/c1-5-19-15(4)16-8-9-18-17(13-16)7-6-11-20(18)12-10-14(2)3/h8-9,13-15,19H,5-7,10-12H2,1-4H3. The van der Waals surface area contributed by atoms with E-state index in [2.05, 4.69) is 56.1 Å². The van der Waals surface area contributed by atoms with Gasteiger partial charge in [0.1, 0.15) is 0 Å². The molecule has 112 valence electrons. The van der Waals surface area contributed by atoms with Gasteiger partial charge in [-0.15, -0.1) is 0 Å². The average Bonchev–Trinajstić information content (AvgIpc) is 2.44. The van der Waals surface area contributed by atoms with E-state index in [0.717, 1.165) is 12.5 Å². The van der Waals surface area contributed by atoms with Gasteiger partial charge < -0.3 is 10.2 Å². The second kappa shape index (κ2) is 7.12. The lowest BCUT2D eigenvalue weighted by Gasteiger charge is -2.32. The van der Waals surface area contributed by atoms with E-state index in [4.69, 9.17) is 0 Å². The summed E-state index contributed by atoms with van der Waals surface area (Å²) >= 11 is 0. The van der Waals surface area contributed by atoms with Crippen molar-refractivity contribution >= 4 is 5.69 Å². The first kappa shape index (κ1) is 15.4. The summed E-state index contributed by atoms with van der Waals surface area (Å²) in [5.41, 5.74) is 4.45. The predicted octanol–water partition coefficient (Wildman–Crippen LogP) is 4.16. The van der Waals surface area contributed by atoms with Crippen molar-refractivity contribution in [3.8, 4) is 0 Å². The molecule has 1 unspecified atom stereocenters. The van der Waals surface area contributed by atoms with Crippen LogP contribution >= 0.6 is 0 Å². The van der Waals surface area contributed by atoms with Crippen molar-refractivity contribution < 1.29 is 0 Å². The first-order chi connectivity index (χ1) is 9.61. The third-order valence-corrected chi connectivity index (χ3v) is 4.31. The lowest BCUT2D eigenvalue weighted by atomic mass is 9.96. The van der Waals surface area contributed by atoms with Gasteiger partial charge in [-0.05, 0) is 55.8 Å². The number of hydrogen-bond acceptors (Lipinski definition) is 2. The highest BCUT2D eigenvalue weighted by atomic mass is 15.1. The van der Waals surface area contributed by atoms with Crippen LogP contribution in [0.1, 0.15) is 57.7 Å². The molecule has 2 nitrogen and oxygen atoms in total. The summed E-state index contributed by atoms with van der Waals surface area (Å²) in [6.45, 7) is 12.5. The van der Waals surface area contributed by atoms with Gasteiger partial charge in [-0.25, -0.2) is 0 Å². The van der Waals surface area contributed by atoms with Crippen LogP contribution in [0.3, 0.4) is 0 Å². The Kier molecular flexibility index (Phi) is 5.47. The van der Waals surface area contributed by atoms with Crippen LogP contribution in [0.2, 0.25) is 0 Å². The van der Waals surface area contributed by atoms with Gasteiger partial charge in [0.15, 0.2) is 0 Å². The van der Waals surface area contributed by atoms with E-state index in [1.807, 2.05) is 0 Å². The van der Waals surface area contributed by atoms with Crippen molar-refractivity contribution in [2.45, 2.75) is 53.0 Å². The number of rotatable bonds is 6. The fourth-order valence-electron chi connectivity index (χ4n) is 3.03. The second-order valence-electron chi connectivity index (χ2n) is 6.44. The van der Waals surface area contributed by atoms with Gasteiger partial charge in [0, 0.05) is 24.8 Å². The van der Waals surface area contributed by atoms with Gasteiger partial charge in [-0.1, -0.05) is 32.9 Å². The van der Waals surface area contributed by atoms with Crippen LogP contribution < -0.4 is 10.2 Å². The number of nitrogens with zero attached hydrogens (tertiary/aromatic N) is 1. The molecule has 0 aromatic heterocycles. The molecule has 1 aliphatic heterocycles. The van der Waals surface area contributed by atoms with Gasteiger partial charge in [0.25, 0.3) is 0 Å². The van der Waals surface area contributed by atoms with Gasteiger partial charge in [0.2, 0.25) is 0 Å². The zero-order chi connectivity index (χ0) is 14.5. The fraction of sp³-hybridized carbons (Fsp3) is 0.667. The maximum absolute atomic E-state index is 3.51. The zero-order valence-corrected chi connectivity index (χ0v) is 13.6. The highest BCUT2D eigenvalue weighted by Crippen LogP contribution is 2.30. The Morgan fingerprint density at radius 3 is 2.75 bits per heavy atom. The van der Waals surface area contributed by atoms with Gasteiger partial charge in [-0.2, -0.15) is 0 Å². The molecule has 1 aromatic carbocycles. The van der Waals surface area contributed by atoms with Crippen LogP contribution in [-0.4, -0.2) is 19.6 Å². The van der Waals surface area contributed by atoms with Crippen LogP contribution in [-0.2, 0) is 6.42 Å². The van der Waals surface area contributed by atoms with Crippen molar-refractivity contribution in [3.05, 3.63) is 29.3 Å². The van der Waals surface area contributed by atoms with Crippen LogP contribution in [0.5, 0.6) is 0 Å². The summed E-state index contributed by atoms with van der Waals surface area (Å²) < 4.78 is 0. The molecule has 0 saturated heterocycles.